The molecule has 3 aromatic rings. The van der Waals surface area contributed by atoms with Crippen molar-refractivity contribution in [1.29, 1.82) is 0 Å². The molecule has 2 saturated heterocycles. The van der Waals surface area contributed by atoms with Gasteiger partial charge in [0.05, 0.1) is 37.0 Å². The number of benzene rings is 2. The summed E-state index contributed by atoms with van der Waals surface area (Å²) >= 11 is 0. The number of halogens is 3. The second-order valence-electron chi connectivity index (χ2n) is 12.9. The highest BCUT2D eigenvalue weighted by atomic mass is 32.2. The van der Waals surface area contributed by atoms with Crippen molar-refractivity contribution in [3.8, 4) is 11.5 Å². The van der Waals surface area contributed by atoms with Crippen molar-refractivity contribution in [2.75, 3.05) is 93.2 Å². The molecule has 49 heavy (non-hydrogen) atoms. The van der Waals surface area contributed by atoms with Gasteiger partial charge in [-0.25, -0.2) is 13.4 Å². The quantitative estimate of drug-likeness (QED) is 0.319. The van der Waals surface area contributed by atoms with E-state index >= 15 is 0 Å². The second-order valence-corrected chi connectivity index (χ2v) is 14.9. The number of sulfonamides is 1. The molecule has 1 aromatic heterocycles. The summed E-state index contributed by atoms with van der Waals surface area (Å²) in [5, 5.41) is 5.78. The summed E-state index contributed by atoms with van der Waals surface area (Å²) in [6.07, 6.45) is -0.405. The van der Waals surface area contributed by atoms with Crippen molar-refractivity contribution in [3.05, 3.63) is 47.2 Å². The molecule has 12 nitrogen and oxygen atoms in total. The Labute approximate surface area is 285 Å². The van der Waals surface area contributed by atoms with Gasteiger partial charge < -0.3 is 29.9 Å². The van der Waals surface area contributed by atoms with E-state index in [0.717, 1.165) is 79.5 Å². The Hall–Kier alpha value is -4.02. The molecule has 0 amide bonds. The molecular formula is C33H43F3N8O4S. The van der Waals surface area contributed by atoms with Crippen LogP contribution in [-0.4, -0.2) is 108 Å². The van der Waals surface area contributed by atoms with Crippen molar-refractivity contribution in [1.82, 2.24) is 19.8 Å². The van der Waals surface area contributed by atoms with Gasteiger partial charge >= 0.3 is 6.18 Å². The van der Waals surface area contributed by atoms with Crippen molar-refractivity contribution in [2.45, 2.75) is 38.4 Å². The highest BCUT2D eigenvalue weighted by Crippen LogP contribution is 2.42. The van der Waals surface area contributed by atoms with Gasteiger partial charge in [-0.3, -0.25) is 9.21 Å². The van der Waals surface area contributed by atoms with Crippen LogP contribution < -0.4 is 29.3 Å². The number of piperidine rings is 1. The first-order valence-electron chi connectivity index (χ1n) is 16.3. The largest absolute Gasteiger partial charge is 0.494 e. The molecule has 0 radical (unpaired) electrons. The van der Waals surface area contributed by atoms with Crippen molar-refractivity contribution in [3.63, 3.8) is 0 Å². The molecule has 0 aliphatic carbocycles. The number of ether oxygens (including phenoxy) is 2. The highest BCUT2D eigenvalue weighted by Gasteiger charge is 2.36. The standard InChI is InChI=1S/C33H43F3N8O4S/c1-21-16-26(30(47-4)19-27(21)44-9-6-23(7-10-44)43-13-11-41(2)12-14-43)39-32-37-20-24(33(34,35)36)31(40-32)38-25-18-29-22(8-15-48-29)17-28(25)42(3)49(5,45)46/h16-20,23H,6-15H2,1-5H3,(H2,37,38,39,40). The van der Waals surface area contributed by atoms with E-state index in [2.05, 4.69) is 42.3 Å². The average molecular weight is 705 g/mol. The zero-order valence-electron chi connectivity index (χ0n) is 28.4. The van der Waals surface area contributed by atoms with E-state index in [4.69, 9.17) is 9.47 Å². The molecular weight excluding hydrogens is 661 g/mol. The zero-order chi connectivity index (χ0) is 35.1. The van der Waals surface area contributed by atoms with Crippen molar-refractivity contribution >= 4 is 44.5 Å². The van der Waals surface area contributed by atoms with Crippen LogP contribution >= 0.6 is 0 Å². The van der Waals surface area contributed by atoms with Crippen LogP contribution in [0, 0.1) is 6.92 Å². The highest BCUT2D eigenvalue weighted by molar-refractivity contribution is 7.92. The second kappa shape index (κ2) is 13.7. The first kappa shape index (κ1) is 34.8. The van der Waals surface area contributed by atoms with E-state index in [1.165, 1.54) is 20.2 Å². The lowest BCUT2D eigenvalue weighted by molar-refractivity contribution is -0.137. The Balaban J connectivity index is 1.26. The zero-order valence-corrected chi connectivity index (χ0v) is 29.2. The van der Waals surface area contributed by atoms with Gasteiger partial charge in [0.25, 0.3) is 0 Å². The number of likely N-dealkylation sites (N-methyl/N-ethyl adjacent to an activating group) is 1. The van der Waals surface area contributed by atoms with E-state index in [9.17, 15) is 21.6 Å². The van der Waals surface area contributed by atoms with E-state index in [-0.39, 0.29) is 17.3 Å². The lowest BCUT2D eigenvalue weighted by atomic mass is 10.0. The average Bonchev–Trinajstić information content (AvgIpc) is 3.51. The minimum atomic E-state index is -4.80. The number of piperazine rings is 1. The lowest BCUT2D eigenvalue weighted by Gasteiger charge is -2.43. The molecule has 0 atom stereocenters. The third-order valence-corrected chi connectivity index (χ3v) is 10.8. The third kappa shape index (κ3) is 7.60. The summed E-state index contributed by atoms with van der Waals surface area (Å²) < 4.78 is 79.9. The topological polar surface area (TPSA) is 115 Å². The van der Waals surface area contributed by atoms with Crippen LogP contribution in [0.2, 0.25) is 0 Å². The molecule has 2 fully saturated rings. The Morgan fingerprint density at radius 3 is 2.39 bits per heavy atom. The number of hydrogen-bond acceptors (Lipinski definition) is 11. The van der Waals surface area contributed by atoms with E-state index in [0.29, 0.717) is 42.5 Å². The Morgan fingerprint density at radius 1 is 1.02 bits per heavy atom. The molecule has 3 aliphatic rings. The van der Waals surface area contributed by atoms with Crippen LogP contribution in [0.25, 0.3) is 0 Å². The van der Waals surface area contributed by atoms with E-state index in [1.807, 2.05) is 19.1 Å². The van der Waals surface area contributed by atoms with Gasteiger partial charge in [0.15, 0.2) is 0 Å². The summed E-state index contributed by atoms with van der Waals surface area (Å²) in [5.74, 6) is 0.289. The summed E-state index contributed by atoms with van der Waals surface area (Å²) in [6, 6.07) is 7.48. The summed E-state index contributed by atoms with van der Waals surface area (Å²) in [7, 11) is 1.29. The van der Waals surface area contributed by atoms with Gasteiger partial charge in [0.1, 0.15) is 22.9 Å². The van der Waals surface area contributed by atoms with Crippen LogP contribution in [0.1, 0.15) is 29.5 Å². The number of methoxy groups -OCH3 is 1. The number of aromatic nitrogens is 2. The van der Waals surface area contributed by atoms with Gasteiger partial charge in [-0.05, 0) is 50.1 Å². The van der Waals surface area contributed by atoms with E-state index < -0.39 is 27.6 Å². The molecule has 4 heterocycles. The fourth-order valence-corrected chi connectivity index (χ4v) is 7.20. The van der Waals surface area contributed by atoms with Gasteiger partial charge in [0.2, 0.25) is 16.0 Å². The molecule has 6 rings (SSSR count). The molecule has 0 unspecified atom stereocenters. The number of rotatable bonds is 9. The van der Waals surface area contributed by atoms with E-state index in [1.54, 1.807) is 6.07 Å². The molecule has 0 bridgehead atoms. The van der Waals surface area contributed by atoms with Crippen LogP contribution in [0.5, 0.6) is 11.5 Å². The first-order valence-corrected chi connectivity index (χ1v) is 18.1. The third-order valence-electron chi connectivity index (χ3n) is 9.62. The molecule has 0 saturated carbocycles. The first-order chi connectivity index (χ1) is 23.2. The number of nitrogens with one attached hydrogen (secondary N) is 2. The predicted octanol–water partition coefficient (Wildman–Crippen LogP) is 4.85. The van der Waals surface area contributed by atoms with Gasteiger partial charge in [-0.1, -0.05) is 0 Å². The summed E-state index contributed by atoms with van der Waals surface area (Å²) in [4.78, 5) is 15.5. The maximum Gasteiger partial charge on any atom is 0.421 e. The van der Waals surface area contributed by atoms with Crippen LogP contribution in [-0.2, 0) is 22.6 Å². The SMILES string of the molecule is COc1cc(N2CCC(N3CCN(C)CC3)CC2)c(C)cc1Nc1ncc(C(F)(F)F)c(Nc2cc3c(cc2N(C)S(C)(=O)=O)CCO3)n1. The Kier molecular flexibility index (Phi) is 9.74. The Bertz CT molecular complexity index is 1790. The number of nitrogens with zero attached hydrogens (tertiary/aromatic N) is 6. The van der Waals surface area contributed by atoms with Crippen LogP contribution in [0.4, 0.5) is 47.7 Å². The molecule has 3 aliphatic heterocycles. The maximum absolute atomic E-state index is 14.2. The lowest BCUT2D eigenvalue weighted by Crippen LogP contribution is -2.52. The molecule has 2 aromatic carbocycles. The number of anilines is 6. The molecule has 16 heteroatoms. The predicted molar refractivity (Wildman–Crippen MR) is 185 cm³/mol. The summed E-state index contributed by atoms with van der Waals surface area (Å²) in [6.45, 7) is 8.57. The van der Waals surface area contributed by atoms with Crippen molar-refractivity contribution in [2.24, 2.45) is 0 Å². The molecule has 0 spiro atoms. The number of fused-ring (bicyclic) bond motifs is 1. The maximum atomic E-state index is 14.2. The smallest absolute Gasteiger partial charge is 0.421 e. The van der Waals surface area contributed by atoms with Gasteiger partial charge in [-0.15, -0.1) is 0 Å². The molecule has 2 N–H and O–H groups in total. The number of hydrogen-bond donors (Lipinski definition) is 2. The van der Waals surface area contributed by atoms with Gasteiger partial charge in [0, 0.05) is 82.8 Å². The normalized spacial score (nSPS) is 17.8. The monoisotopic (exact) mass is 704 g/mol. The number of aryl methyl sites for hydroxylation is 1. The van der Waals surface area contributed by atoms with Gasteiger partial charge in [-0.2, -0.15) is 18.2 Å². The molecule has 266 valence electrons. The Morgan fingerprint density at radius 2 is 1.73 bits per heavy atom. The fourth-order valence-electron chi connectivity index (χ4n) is 6.69. The fraction of sp³-hybridized carbons (Fsp3) is 0.515. The number of alkyl halides is 3. The minimum absolute atomic E-state index is 0.0814. The summed E-state index contributed by atoms with van der Waals surface area (Å²) in [5.41, 5.74) is 2.37. The minimum Gasteiger partial charge on any atom is -0.494 e. The van der Waals surface area contributed by atoms with Crippen molar-refractivity contribution < 1.29 is 31.1 Å². The van der Waals surface area contributed by atoms with Crippen LogP contribution in [0.3, 0.4) is 0 Å². The van der Waals surface area contributed by atoms with Crippen LogP contribution in [0.15, 0.2) is 30.5 Å².